The normalized spacial score (nSPS) is 11.6. The summed E-state index contributed by atoms with van der Waals surface area (Å²) in [6, 6.07) is 6.98. The average molecular weight is 431 g/mol. The number of nitrogens with zero attached hydrogens (tertiary/aromatic N) is 3. The number of anilines is 2. The molecule has 3 rings (SSSR count). The van der Waals surface area contributed by atoms with Gasteiger partial charge in [-0.2, -0.15) is 18.3 Å². The molecule has 0 aliphatic rings. The summed E-state index contributed by atoms with van der Waals surface area (Å²) in [5.41, 5.74) is -2.74. The van der Waals surface area contributed by atoms with E-state index >= 15 is 0 Å². The third-order valence-electron chi connectivity index (χ3n) is 3.78. The molecule has 1 aromatic heterocycles. The Balaban J connectivity index is 2.20. The third kappa shape index (κ3) is 4.24. The lowest BCUT2D eigenvalue weighted by molar-refractivity contribution is -0.140. The fourth-order valence-electron chi connectivity index (χ4n) is 2.54. The highest BCUT2D eigenvalue weighted by Gasteiger charge is 2.41. The van der Waals surface area contributed by atoms with Gasteiger partial charge in [-0.3, -0.25) is 14.4 Å². The minimum atomic E-state index is -4.97. The Morgan fingerprint density at radius 2 is 1.66 bits per heavy atom. The number of carbonyl (C=O) groups is 1. The highest BCUT2D eigenvalue weighted by Crippen LogP contribution is 2.45. The second-order valence-corrected chi connectivity index (χ2v) is 6.81. The van der Waals surface area contributed by atoms with Crippen LogP contribution in [0.3, 0.4) is 0 Å². The Kier molecular flexibility index (Phi) is 5.60. The van der Waals surface area contributed by atoms with Crippen molar-refractivity contribution in [3.05, 3.63) is 65.6 Å². The predicted octanol–water partition coefficient (Wildman–Crippen LogP) is 5.30. The molecule has 0 unspecified atom stereocenters. The van der Waals surface area contributed by atoms with Gasteiger partial charge in [0.05, 0.1) is 5.69 Å². The third-order valence-corrected chi connectivity index (χ3v) is 4.94. The summed E-state index contributed by atoms with van der Waals surface area (Å²) in [5, 5.41) is 3.28. The number of rotatable bonds is 5. The second kappa shape index (κ2) is 7.82. The van der Waals surface area contributed by atoms with Crippen molar-refractivity contribution in [3.63, 3.8) is 0 Å². The highest BCUT2D eigenvalue weighted by molar-refractivity contribution is 7.99. The quantitative estimate of drug-likeness (QED) is 0.406. The second-order valence-electron chi connectivity index (χ2n) is 5.75. The van der Waals surface area contributed by atoms with E-state index in [1.165, 1.54) is 19.2 Å². The molecule has 0 fully saturated rings. The Morgan fingerprint density at radius 3 is 2.21 bits per heavy atom. The van der Waals surface area contributed by atoms with Crippen molar-refractivity contribution in [2.75, 3.05) is 4.90 Å². The zero-order valence-corrected chi connectivity index (χ0v) is 15.4. The van der Waals surface area contributed by atoms with Gasteiger partial charge in [0.2, 0.25) is 6.41 Å². The summed E-state index contributed by atoms with van der Waals surface area (Å²) in [6.45, 7) is 0. The van der Waals surface area contributed by atoms with Crippen molar-refractivity contribution in [3.8, 4) is 0 Å². The molecule has 11 heteroatoms. The van der Waals surface area contributed by atoms with Crippen LogP contribution in [0.5, 0.6) is 0 Å². The Bertz CT molecular complexity index is 1050. The van der Waals surface area contributed by atoms with E-state index in [9.17, 15) is 31.1 Å². The van der Waals surface area contributed by atoms with Crippen molar-refractivity contribution in [1.82, 2.24) is 9.78 Å². The topological polar surface area (TPSA) is 38.1 Å². The SMILES string of the molecule is Cn1nc(C(F)(F)F)c(N(C=O)c2ccc(F)cc2F)c1Sc1ccc(F)cc1. The number of aryl methyl sites for hydroxylation is 1. The zero-order valence-electron chi connectivity index (χ0n) is 14.5. The first-order valence-electron chi connectivity index (χ1n) is 7.89. The molecule has 0 aliphatic heterocycles. The van der Waals surface area contributed by atoms with Gasteiger partial charge in [-0.1, -0.05) is 11.8 Å². The maximum atomic E-state index is 14.2. The van der Waals surface area contributed by atoms with Gasteiger partial charge in [0.25, 0.3) is 0 Å². The number of halogens is 6. The first-order chi connectivity index (χ1) is 13.6. The first kappa shape index (κ1) is 20.8. The van der Waals surface area contributed by atoms with Crippen LogP contribution in [0.25, 0.3) is 0 Å². The maximum absolute atomic E-state index is 14.2. The minimum Gasteiger partial charge on any atom is -0.278 e. The van der Waals surface area contributed by atoms with Crippen molar-refractivity contribution < 1.29 is 31.1 Å². The van der Waals surface area contributed by atoms with E-state index < -0.39 is 40.7 Å². The molecule has 0 N–H and O–H groups in total. The lowest BCUT2D eigenvalue weighted by atomic mass is 10.2. The van der Waals surface area contributed by atoms with Crippen LogP contribution >= 0.6 is 11.8 Å². The standard InChI is InChI=1S/C18H11F6N3OS/c1-26-17(29-12-5-2-10(19)3-6-12)15(16(25-26)18(22,23)24)27(9-28)14-7-4-11(20)8-13(14)21/h2-9H,1H3. The van der Waals surface area contributed by atoms with E-state index in [2.05, 4.69) is 5.10 Å². The van der Waals surface area contributed by atoms with Gasteiger partial charge >= 0.3 is 6.18 Å². The number of hydrogen-bond acceptors (Lipinski definition) is 3. The number of benzene rings is 2. The molecule has 0 saturated heterocycles. The Labute approximate surface area is 164 Å². The number of alkyl halides is 3. The predicted molar refractivity (Wildman–Crippen MR) is 93.3 cm³/mol. The number of hydrogen-bond donors (Lipinski definition) is 0. The van der Waals surface area contributed by atoms with Crippen molar-refractivity contribution in [2.45, 2.75) is 16.1 Å². The molecule has 152 valence electrons. The van der Waals surface area contributed by atoms with Gasteiger partial charge in [0.15, 0.2) is 5.69 Å². The lowest BCUT2D eigenvalue weighted by Gasteiger charge is -2.20. The fraction of sp³-hybridized carbons (Fsp3) is 0.111. The molecule has 0 atom stereocenters. The van der Waals surface area contributed by atoms with E-state index in [0.717, 1.165) is 40.7 Å². The van der Waals surface area contributed by atoms with Crippen molar-refractivity contribution >= 4 is 29.5 Å². The van der Waals surface area contributed by atoms with E-state index in [-0.39, 0.29) is 11.4 Å². The van der Waals surface area contributed by atoms with E-state index in [4.69, 9.17) is 0 Å². The molecule has 4 nitrogen and oxygen atoms in total. The number of aromatic nitrogens is 2. The first-order valence-corrected chi connectivity index (χ1v) is 8.70. The molecule has 3 aromatic rings. The number of carbonyl (C=O) groups excluding carboxylic acids is 1. The molecule has 0 bridgehead atoms. The maximum Gasteiger partial charge on any atom is 0.437 e. The molecule has 0 aliphatic carbocycles. The minimum absolute atomic E-state index is 0.0166. The van der Waals surface area contributed by atoms with E-state index in [1.807, 2.05) is 0 Å². The summed E-state index contributed by atoms with van der Waals surface area (Å²) in [6.07, 6.45) is -4.98. The Hall–Kier alpha value is -2.95. The molecule has 29 heavy (non-hydrogen) atoms. The van der Waals surface area contributed by atoms with E-state index in [0.29, 0.717) is 15.9 Å². The highest BCUT2D eigenvalue weighted by atomic mass is 32.2. The summed E-state index contributed by atoms with van der Waals surface area (Å²) in [5.74, 6) is -2.73. The van der Waals surface area contributed by atoms with Crippen LogP contribution in [-0.4, -0.2) is 16.2 Å². The van der Waals surface area contributed by atoms with Crippen LogP contribution in [0.2, 0.25) is 0 Å². The summed E-state index contributed by atoms with van der Waals surface area (Å²) >= 11 is 0.771. The lowest BCUT2D eigenvalue weighted by Crippen LogP contribution is -2.20. The average Bonchev–Trinajstić information content (AvgIpc) is 2.96. The van der Waals surface area contributed by atoms with Crippen LogP contribution in [0, 0.1) is 17.5 Å². The molecular formula is C18H11F6N3OS. The summed E-state index contributed by atoms with van der Waals surface area (Å²) < 4.78 is 82.2. The number of amides is 1. The molecule has 0 radical (unpaired) electrons. The summed E-state index contributed by atoms with van der Waals surface area (Å²) in [7, 11) is 1.22. The molecular weight excluding hydrogens is 420 g/mol. The van der Waals surface area contributed by atoms with Gasteiger partial charge in [0.1, 0.15) is 28.2 Å². The molecule has 0 spiro atoms. The van der Waals surface area contributed by atoms with Gasteiger partial charge < -0.3 is 0 Å². The van der Waals surface area contributed by atoms with Crippen LogP contribution in [0.1, 0.15) is 5.69 Å². The largest absolute Gasteiger partial charge is 0.437 e. The smallest absolute Gasteiger partial charge is 0.278 e. The van der Waals surface area contributed by atoms with Gasteiger partial charge in [-0.05, 0) is 36.4 Å². The van der Waals surface area contributed by atoms with Crippen LogP contribution in [0.15, 0.2) is 52.4 Å². The fourth-order valence-corrected chi connectivity index (χ4v) is 3.50. The zero-order chi connectivity index (χ0) is 21.3. The monoisotopic (exact) mass is 431 g/mol. The summed E-state index contributed by atoms with van der Waals surface area (Å²) in [4.78, 5) is 12.5. The van der Waals surface area contributed by atoms with Gasteiger partial charge in [-0.25, -0.2) is 13.2 Å². The van der Waals surface area contributed by atoms with Crippen LogP contribution < -0.4 is 4.90 Å². The van der Waals surface area contributed by atoms with Crippen LogP contribution in [0.4, 0.5) is 37.7 Å². The van der Waals surface area contributed by atoms with Crippen molar-refractivity contribution in [1.29, 1.82) is 0 Å². The van der Waals surface area contributed by atoms with Crippen molar-refractivity contribution in [2.24, 2.45) is 7.05 Å². The van der Waals surface area contributed by atoms with Gasteiger partial charge in [-0.15, -0.1) is 0 Å². The van der Waals surface area contributed by atoms with Crippen LogP contribution in [-0.2, 0) is 18.0 Å². The van der Waals surface area contributed by atoms with Gasteiger partial charge in [0, 0.05) is 18.0 Å². The molecule has 2 aromatic carbocycles. The molecule has 1 heterocycles. The molecule has 1 amide bonds. The Morgan fingerprint density at radius 1 is 1.03 bits per heavy atom. The molecule has 0 saturated carbocycles. The van der Waals surface area contributed by atoms with E-state index in [1.54, 1.807) is 0 Å².